The van der Waals surface area contributed by atoms with Crippen molar-refractivity contribution in [3.63, 3.8) is 0 Å². The summed E-state index contributed by atoms with van der Waals surface area (Å²) in [5.41, 5.74) is 0.717. The first-order valence-electron chi connectivity index (χ1n) is 6.35. The zero-order chi connectivity index (χ0) is 16.5. The van der Waals surface area contributed by atoms with Gasteiger partial charge in [-0.25, -0.2) is 0 Å². The maximum absolute atomic E-state index is 13.0. The monoisotopic (exact) mass is 331 g/mol. The molecule has 1 aromatic heterocycles. The van der Waals surface area contributed by atoms with E-state index < -0.39 is 17.6 Å². The standard InChI is InChI=1S/C14H13ClF3N3O/c1-7-10(8(2)21-20-7)6-13(22)19-12-4-3-9(15)5-11(12)14(16,17)18/h3-5H,6H2,1-2H3,(H,19,22)(H,20,21). The Morgan fingerprint density at radius 1 is 1.36 bits per heavy atom. The van der Waals surface area contributed by atoms with E-state index in [9.17, 15) is 18.0 Å². The first-order chi connectivity index (χ1) is 10.2. The fourth-order valence-corrected chi connectivity index (χ4v) is 2.22. The van der Waals surface area contributed by atoms with E-state index in [4.69, 9.17) is 11.6 Å². The van der Waals surface area contributed by atoms with Gasteiger partial charge >= 0.3 is 6.18 Å². The van der Waals surface area contributed by atoms with Crippen LogP contribution in [0.25, 0.3) is 0 Å². The summed E-state index contributed by atoms with van der Waals surface area (Å²) in [5.74, 6) is -0.555. The third-order valence-electron chi connectivity index (χ3n) is 3.18. The van der Waals surface area contributed by atoms with Crippen LogP contribution in [0.3, 0.4) is 0 Å². The van der Waals surface area contributed by atoms with Crippen LogP contribution in [-0.2, 0) is 17.4 Å². The number of alkyl halides is 3. The van der Waals surface area contributed by atoms with Gasteiger partial charge in [-0.3, -0.25) is 9.89 Å². The van der Waals surface area contributed by atoms with Crippen LogP contribution in [0.15, 0.2) is 18.2 Å². The van der Waals surface area contributed by atoms with Crippen LogP contribution < -0.4 is 5.32 Å². The number of carbonyl (C=O) groups excluding carboxylic acids is 1. The predicted octanol–water partition coefficient (Wildman–Crippen LogP) is 3.88. The summed E-state index contributed by atoms with van der Waals surface area (Å²) >= 11 is 5.59. The lowest BCUT2D eigenvalue weighted by Gasteiger charge is -2.14. The average molecular weight is 332 g/mol. The molecule has 0 aliphatic carbocycles. The normalized spacial score (nSPS) is 11.5. The van der Waals surface area contributed by atoms with E-state index in [0.717, 1.165) is 12.1 Å². The number of rotatable bonds is 3. The molecule has 1 aromatic carbocycles. The van der Waals surface area contributed by atoms with Crippen LogP contribution in [0, 0.1) is 13.8 Å². The van der Waals surface area contributed by atoms with Crippen molar-refractivity contribution in [3.05, 3.63) is 45.7 Å². The third kappa shape index (κ3) is 3.59. The molecule has 0 aliphatic heterocycles. The Morgan fingerprint density at radius 3 is 2.59 bits per heavy atom. The van der Waals surface area contributed by atoms with Gasteiger partial charge in [0.15, 0.2) is 0 Å². The van der Waals surface area contributed by atoms with Crippen LogP contribution in [0.1, 0.15) is 22.5 Å². The summed E-state index contributed by atoms with van der Waals surface area (Å²) in [5, 5.41) is 8.89. The number of anilines is 1. The molecule has 2 N–H and O–H groups in total. The molecule has 0 bridgehead atoms. The molecule has 0 saturated carbocycles. The van der Waals surface area contributed by atoms with E-state index in [-0.39, 0.29) is 17.1 Å². The fraction of sp³-hybridized carbons (Fsp3) is 0.286. The van der Waals surface area contributed by atoms with Gasteiger partial charge in [-0.1, -0.05) is 11.6 Å². The largest absolute Gasteiger partial charge is 0.418 e. The van der Waals surface area contributed by atoms with E-state index in [2.05, 4.69) is 15.5 Å². The van der Waals surface area contributed by atoms with Gasteiger partial charge in [0.25, 0.3) is 0 Å². The van der Waals surface area contributed by atoms with Crippen LogP contribution in [0.4, 0.5) is 18.9 Å². The Balaban J connectivity index is 2.22. The molecule has 4 nitrogen and oxygen atoms in total. The summed E-state index contributed by atoms with van der Waals surface area (Å²) < 4.78 is 38.9. The van der Waals surface area contributed by atoms with Crippen molar-refractivity contribution >= 4 is 23.2 Å². The summed E-state index contributed by atoms with van der Waals surface area (Å²) in [6.45, 7) is 3.46. The molecular formula is C14H13ClF3N3O. The van der Waals surface area contributed by atoms with Gasteiger partial charge in [0, 0.05) is 16.3 Å². The second-order valence-corrected chi connectivity index (χ2v) is 5.26. The van der Waals surface area contributed by atoms with Crippen molar-refractivity contribution in [2.24, 2.45) is 0 Å². The van der Waals surface area contributed by atoms with Gasteiger partial charge in [-0.05, 0) is 32.0 Å². The average Bonchev–Trinajstić information content (AvgIpc) is 2.71. The number of nitrogens with zero attached hydrogens (tertiary/aromatic N) is 1. The van der Waals surface area contributed by atoms with Crippen molar-refractivity contribution in [3.8, 4) is 0 Å². The van der Waals surface area contributed by atoms with Gasteiger partial charge < -0.3 is 5.32 Å². The number of benzene rings is 1. The maximum Gasteiger partial charge on any atom is 0.418 e. The summed E-state index contributed by atoms with van der Waals surface area (Å²) in [6.07, 6.45) is -4.66. The highest BCUT2D eigenvalue weighted by atomic mass is 35.5. The smallest absolute Gasteiger partial charge is 0.325 e. The molecule has 0 aliphatic rings. The molecule has 1 heterocycles. The second-order valence-electron chi connectivity index (χ2n) is 4.83. The number of H-pyrrole nitrogens is 1. The zero-order valence-electron chi connectivity index (χ0n) is 11.8. The molecule has 2 rings (SSSR count). The number of amides is 1. The second kappa shape index (κ2) is 6.00. The fourth-order valence-electron chi connectivity index (χ4n) is 2.05. The van der Waals surface area contributed by atoms with Crippen molar-refractivity contribution in [1.82, 2.24) is 10.2 Å². The van der Waals surface area contributed by atoms with Crippen molar-refractivity contribution in [1.29, 1.82) is 0 Å². The lowest BCUT2D eigenvalue weighted by atomic mass is 10.1. The molecule has 2 aromatic rings. The highest BCUT2D eigenvalue weighted by Crippen LogP contribution is 2.36. The number of carbonyl (C=O) groups is 1. The Morgan fingerprint density at radius 2 is 2.05 bits per heavy atom. The molecule has 0 unspecified atom stereocenters. The summed E-state index contributed by atoms with van der Waals surface area (Å²) in [6, 6.07) is 3.21. The number of aryl methyl sites for hydroxylation is 2. The highest BCUT2D eigenvalue weighted by Gasteiger charge is 2.34. The predicted molar refractivity (Wildman–Crippen MR) is 76.8 cm³/mol. The lowest BCUT2D eigenvalue weighted by molar-refractivity contribution is -0.137. The van der Waals surface area contributed by atoms with E-state index in [0.29, 0.717) is 17.0 Å². The zero-order valence-corrected chi connectivity index (χ0v) is 12.6. The first kappa shape index (κ1) is 16.4. The molecule has 8 heteroatoms. The van der Waals surface area contributed by atoms with Gasteiger partial charge in [-0.2, -0.15) is 18.3 Å². The quantitative estimate of drug-likeness (QED) is 0.896. The van der Waals surface area contributed by atoms with Crippen LogP contribution >= 0.6 is 11.6 Å². The Kier molecular flexibility index (Phi) is 4.46. The van der Waals surface area contributed by atoms with Crippen LogP contribution in [-0.4, -0.2) is 16.1 Å². The van der Waals surface area contributed by atoms with Crippen molar-refractivity contribution < 1.29 is 18.0 Å². The topological polar surface area (TPSA) is 57.8 Å². The number of halogens is 4. The number of aromatic amines is 1. The third-order valence-corrected chi connectivity index (χ3v) is 3.41. The Bertz CT molecular complexity index is 690. The SMILES string of the molecule is Cc1n[nH]c(C)c1CC(=O)Nc1ccc(Cl)cc1C(F)(F)F. The minimum absolute atomic E-state index is 0.0492. The van der Waals surface area contributed by atoms with Crippen molar-refractivity contribution in [2.75, 3.05) is 5.32 Å². The molecule has 0 atom stereocenters. The van der Waals surface area contributed by atoms with E-state index in [1.807, 2.05) is 0 Å². The number of aromatic nitrogens is 2. The number of nitrogens with one attached hydrogen (secondary N) is 2. The Hall–Kier alpha value is -2.02. The summed E-state index contributed by atoms with van der Waals surface area (Å²) in [7, 11) is 0. The summed E-state index contributed by atoms with van der Waals surface area (Å²) in [4.78, 5) is 12.0. The van der Waals surface area contributed by atoms with Gasteiger partial charge in [-0.15, -0.1) is 0 Å². The van der Waals surface area contributed by atoms with Crippen LogP contribution in [0.2, 0.25) is 5.02 Å². The molecule has 22 heavy (non-hydrogen) atoms. The molecule has 0 fully saturated rings. The van der Waals surface area contributed by atoms with Gasteiger partial charge in [0.1, 0.15) is 0 Å². The molecule has 0 saturated heterocycles. The van der Waals surface area contributed by atoms with Gasteiger partial charge in [0.2, 0.25) is 5.91 Å². The highest BCUT2D eigenvalue weighted by molar-refractivity contribution is 6.30. The number of hydrogen-bond donors (Lipinski definition) is 2. The van der Waals surface area contributed by atoms with Crippen LogP contribution in [0.5, 0.6) is 0 Å². The minimum atomic E-state index is -4.60. The number of hydrogen-bond acceptors (Lipinski definition) is 2. The Labute approximate surface area is 129 Å². The van der Waals surface area contributed by atoms with E-state index >= 15 is 0 Å². The van der Waals surface area contributed by atoms with Crippen molar-refractivity contribution in [2.45, 2.75) is 26.4 Å². The molecule has 0 radical (unpaired) electrons. The first-order valence-corrected chi connectivity index (χ1v) is 6.73. The van der Waals surface area contributed by atoms with E-state index in [1.54, 1.807) is 13.8 Å². The minimum Gasteiger partial charge on any atom is -0.325 e. The molecule has 0 spiro atoms. The lowest BCUT2D eigenvalue weighted by Crippen LogP contribution is -2.18. The van der Waals surface area contributed by atoms with E-state index in [1.165, 1.54) is 6.07 Å². The molecular weight excluding hydrogens is 319 g/mol. The molecule has 118 valence electrons. The van der Waals surface area contributed by atoms with Gasteiger partial charge in [0.05, 0.1) is 23.4 Å². The molecule has 1 amide bonds. The maximum atomic E-state index is 13.0.